The lowest BCUT2D eigenvalue weighted by Crippen LogP contribution is -2.57. The summed E-state index contributed by atoms with van der Waals surface area (Å²) in [5.41, 5.74) is 0.575. The maximum Gasteiger partial charge on any atom is 0.0667 e. The van der Waals surface area contributed by atoms with Gasteiger partial charge in [-0.05, 0) is 24.7 Å². The van der Waals surface area contributed by atoms with Crippen LogP contribution in [0.5, 0.6) is 0 Å². The van der Waals surface area contributed by atoms with Crippen LogP contribution in [-0.2, 0) is 0 Å². The Labute approximate surface area is 88.3 Å². The minimum Gasteiger partial charge on any atom is -0.392 e. The fourth-order valence-corrected chi connectivity index (χ4v) is 2.45. The van der Waals surface area contributed by atoms with Crippen LogP contribution in [0, 0.1) is 5.41 Å². The highest BCUT2D eigenvalue weighted by Gasteiger charge is 2.39. The molecule has 1 heterocycles. The van der Waals surface area contributed by atoms with Gasteiger partial charge >= 0.3 is 0 Å². The Morgan fingerprint density at radius 3 is 2.21 bits per heavy atom. The van der Waals surface area contributed by atoms with Gasteiger partial charge in [-0.15, -0.1) is 0 Å². The van der Waals surface area contributed by atoms with Crippen molar-refractivity contribution < 1.29 is 5.11 Å². The minimum absolute atomic E-state index is 0.105. The third-order valence-corrected chi connectivity index (χ3v) is 3.71. The molecule has 0 spiro atoms. The van der Waals surface area contributed by atoms with Crippen molar-refractivity contribution in [3.05, 3.63) is 0 Å². The number of aliphatic hydroxyl groups is 1. The molecule has 1 saturated heterocycles. The van der Waals surface area contributed by atoms with E-state index in [0.29, 0.717) is 5.41 Å². The van der Waals surface area contributed by atoms with Crippen molar-refractivity contribution in [1.29, 1.82) is 0 Å². The highest BCUT2D eigenvalue weighted by atomic mass is 16.3. The molecule has 0 amide bonds. The molecule has 0 aromatic rings. The predicted molar refractivity (Wildman–Crippen MR) is 60.4 cm³/mol. The first-order valence-corrected chi connectivity index (χ1v) is 6.06. The van der Waals surface area contributed by atoms with Gasteiger partial charge in [0.25, 0.3) is 0 Å². The largest absolute Gasteiger partial charge is 0.392 e. The number of hydrogen-bond donors (Lipinski definition) is 1. The van der Waals surface area contributed by atoms with Crippen molar-refractivity contribution in [1.82, 2.24) is 4.90 Å². The zero-order valence-corrected chi connectivity index (χ0v) is 9.92. The molecule has 1 aliphatic rings. The lowest BCUT2D eigenvalue weighted by Gasteiger charge is -2.50. The summed E-state index contributed by atoms with van der Waals surface area (Å²) < 4.78 is 0. The molecular weight excluding hydrogens is 174 g/mol. The van der Waals surface area contributed by atoms with Crippen LogP contribution in [0.4, 0.5) is 0 Å². The van der Waals surface area contributed by atoms with Gasteiger partial charge in [0.1, 0.15) is 0 Å². The predicted octanol–water partition coefficient (Wildman–Crippen LogP) is 2.27. The van der Waals surface area contributed by atoms with Gasteiger partial charge in [-0.25, -0.2) is 0 Å². The van der Waals surface area contributed by atoms with Gasteiger partial charge in [0.05, 0.1) is 6.10 Å². The van der Waals surface area contributed by atoms with Crippen LogP contribution < -0.4 is 0 Å². The van der Waals surface area contributed by atoms with E-state index in [9.17, 15) is 5.11 Å². The van der Waals surface area contributed by atoms with Crippen LogP contribution in [0.3, 0.4) is 0 Å². The second-order valence-corrected chi connectivity index (χ2v) is 4.82. The average Bonchev–Trinajstić information content (AvgIpc) is 2.11. The van der Waals surface area contributed by atoms with Gasteiger partial charge in [0.15, 0.2) is 0 Å². The van der Waals surface area contributed by atoms with Gasteiger partial charge in [-0.2, -0.15) is 0 Å². The number of aliphatic hydroxyl groups excluding tert-OH is 1. The highest BCUT2D eigenvalue weighted by molar-refractivity contribution is 4.93. The molecule has 1 fully saturated rings. The van der Waals surface area contributed by atoms with Crippen molar-refractivity contribution in [2.75, 3.05) is 19.6 Å². The molecule has 0 radical (unpaired) electrons. The minimum atomic E-state index is -0.105. The van der Waals surface area contributed by atoms with Gasteiger partial charge in [0.2, 0.25) is 0 Å². The quantitative estimate of drug-likeness (QED) is 0.709. The normalized spacial score (nSPS) is 23.1. The number of likely N-dealkylation sites (tertiary alicyclic amines) is 1. The van der Waals surface area contributed by atoms with E-state index in [0.717, 1.165) is 19.4 Å². The van der Waals surface area contributed by atoms with Crippen molar-refractivity contribution in [3.8, 4) is 0 Å². The maximum atomic E-state index is 9.66. The summed E-state index contributed by atoms with van der Waals surface area (Å²) in [5, 5.41) is 9.66. The fourth-order valence-electron chi connectivity index (χ4n) is 2.45. The van der Waals surface area contributed by atoms with Gasteiger partial charge in [-0.1, -0.05) is 27.2 Å². The average molecular weight is 199 g/mol. The Bertz CT molecular complexity index is 158. The Kier molecular flexibility index (Phi) is 4.39. The second kappa shape index (κ2) is 5.13. The van der Waals surface area contributed by atoms with E-state index >= 15 is 0 Å². The summed E-state index contributed by atoms with van der Waals surface area (Å²) in [6.45, 7) is 9.96. The monoisotopic (exact) mass is 199 g/mol. The maximum absolute atomic E-state index is 9.66. The molecule has 1 rings (SSSR count). The molecule has 1 N–H and O–H groups in total. The summed E-state index contributed by atoms with van der Waals surface area (Å²) in [6.07, 6.45) is 4.49. The lowest BCUT2D eigenvalue weighted by atomic mass is 9.75. The lowest BCUT2D eigenvalue weighted by molar-refractivity contribution is -0.0337. The molecule has 14 heavy (non-hydrogen) atoms. The number of hydrogen-bond acceptors (Lipinski definition) is 2. The Hall–Kier alpha value is -0.0800. The molecule has 0 bridgehead atoms. The zero-order valence-electron chi connectivity index (χ0n) is 9.92. The van der Waals surface area contributed by atoms with E-state index in [1.54, 1.807) is 0 Å². The summed E-state index contributed by atoms with van der Waals surface area (Å²) in [4.78, 5) is 2.40. The highest BCUT2D eigenvalue weighted by Crippen LogP contribution is 2.36. The summed E-state index contributed by atoms with van der Waals surface area (Å²) >= 11 is 0. The van der Waals surface area contributed by atoms with E-state index in [1.807, 2.05) is 0 Å². The smallest absolute Gasteiger partial charge is 0.0667 e. The van der Waals surface area contributed by atoms with Crippen molar-refractivity contribution in [3.63, 3.8) is 0 Å². The molecule has 1 atom stereocenters. The van der Waals surface area contributed by atoms with E-state index < -0.39 is 0 Å². The van der Waals surface area contributed by atoms with Gasteiger partial charge in [-0.3, -0.25) is 4.90 Å². The van der Waals surface area contributed by atoms with Crippen molar-refractivity contribution >= 4 is 0 Å². The first-order chi connectivity index (χ1) is 6.65. The molecule has 1 aliphatic heterocycles. The van der Waals surface area contributed by atoms with Crippen LogP contribution >= 0.6 is 0 Å². The molecule has 0 aromatic heterocycles. The molecule has 1 unspecified atom stereocenters. The SMILES string of the molecule is CCCC(O)CN1CC(CC)(CC)C1. The molecule has 0 aromatic carbocycles. The van der Waals surface area contributed by atoms with Crippen LogP contribution in [0.2, 0.25) is 0 Å². The molecular formula is C12H25NO. The zero-order chi connectivity index (χ0) is 10.6. The second-order valence-electron chi connectivity index (χ2n) is 4.82. The van der Waals surface area contributed by atoms with Crippen molar-refractivity contribution in [2.24, 2.45) is 5.41 Å². The Morgan fingerprint density at radius 1 is 1.21 bits per heavy atom. The molecule has 0 saturated carbocycles. The number of β-amino-alcohol motifs (C(OH)–C–C–N with tert-alkyl or cyclic N) is 1. The van der Waals surface area contributed by atoms with Crippen molar-refractivity contribution in [2.45, 2.75) is 52.6 Å². The van der Waals surface area contributed by atoms with E-state index in [4.69, 9.17) is 0 Å². The third kappa shape index (κ3) is 2.71. The van der Waals surface area contributed by atoms with Gasteiger partial charge in [0, 0.05) is 19.6 Å². The summed E-state index contributed by atoms with van der Waals surface area (Å²) in [7, 11) is 0. The van der Waals surface area contributed by atoms with E-state index in [2.05, 4.69) is 25.7 Å². The summed E-state index contributed by atoms with van der Waals surface area (Å²) in [5.74, 6) is 0. The Balaban J connectivity index is 2.20. The number of nitrogens with zero attached hydrogens (tertiary/aromatic N) is 1. The Morgan fingerprint density at radius 2 is 1.79 bits per heavy atom. The van der Waals surface area contributed by atoms with E-state index in [1.165, 1.54) is 25.9 Å². The van der Waals surface area contributed by atoms with Crippen LogP contribution in [0.25, 0.3) is 0 Å². The molecule has 84 valence electrons. The van der Waals surface area contributed by atoms with Crippen LogP contribution in [0.15, 0.2) is 0 Å². The van der Waals surface area contributed by atoms with Gasteiger partial charge < -0.3 is 5.11 Å². The molecule has 2 heteroatoms. The van der Waals surface area contributed by atoms with E-state index in [-0.39, 0.29) is 6.10 Å². The standard InChI is InChI=1S/C12H25NO/c1-4-7-11(14)8-13-9-12(5-2,6-3)10-13/h11,14H,4-10H2,1-3H3. The van der Waals surface area contributed by atoms with Crippen LogP contribution in [0.1, 0.15) is 46.5 Å². The topological polar surface area (TPSA) is 23.5 Å². The molecule has 2 nitrogen and oxygen atoms in total. The fraction of sp³-hybridized carbons (Fsp3) is 1.00. The molecule has 0 aliphatic carbocycles. The first kappa shape index (κ1) is 12.0. The third-order valence-electron chi connectivity index (χ3n) is 3.71. The first-order valence-electron chi connectivity index (χ1n) is 6.06. The number of rotatable bonds is 6. The summed E-state index contributed by atoms with van der Waals surface area (Å²) in [6, 6.07) is 0. The van der Waals surface area contributed by atoms with Crippen LogP contribution in [-0.4, -0.2) is 35.7 Å².